The van der Waals surface area contributed by atoms with Crippen molar-refractivity contribution >= 4 is 11.8 Å². The van der Waals surface area contributed by atoms with Gasteiger partial charge >= 0.3 is 0 Å². The van der Waals surface area contributed by atoms with Crippen molar-refractivity contribution in [2.75, 3.05) is 45.8 Å². The van der Waals surface area contributed by atoms with E-state index in [1.165, 1.54) is 12.0 Å². The molecule has 3 heterocycles. The number of H-pyrrole nitrogens is 1. The lowest BCUT2D eigenvalue weighted by Gasteiger charge is -2.35. The molecule has 0 aliphatic carbocycles. The van der Waals surface area contributed by atoms with Gasteiger partial charge in [-0.3, -0.25) is 19.6 Å². The number of benzene rings is 1. The Hall–Kier alpha value is -2.67. The van der Waals surface area contributed by atoms with Crippen LogP contribution in [-0.2, 0) is 4.79 Å². The first-order valence-electron chi connectivity index (χ1n) is 10.5. The summed E-state index contributed by atoms with van der Waals surface area (Å²) in [6.45, 7) is 7.00. The maximum atomic E-state index is 12.8. The number of carbonyl (C=O) groups is 2. The van der Waals surface area contributed by atoms with Gasteiger partial charge in [-0.1, -0.05) is 29.8 Å². The molecule has 0 atom stereocenters. The molecule has 1 aromatic carbocycles. The van der Waals surface area contributed by atoms with Crippen molar-refractivity contribution in [1.82, 2.24) is 24.9 Å². The number of aromatic nitrogens is 2. The van der Waals surface area contributed by atoms with Gasteiger partial charge in [0, 0.05) is 44.8 Å². The van der Waals surface area contributed by atoms with Crippen molar-refractivity contribution in [3.8, 4) is 11.3 Å². The monoisotopic (exact) mass is 395 g/mol. The standard InChI is InChI=1S/C22H29N5O2/c1-17-5-7-18(8-6-17)19-15-20(24-23-19)22(29)27-13-11-25(12-14-27)16-21(28)26-9-3-2-4-10-26/h5-8,15H,2-4,9-14,16H2,1H3,(H,23,24). The zero-order valence-corrected chi connectivity index (χ0v) is 17.1. The molecule has 0 saturated carbocycles. The Bertz CT molecular complexity index is 846. The van der Waals surface area contributed by atoms with Gasteiger partial charge < -0.3 is 9.80 Å². The molecule has 0 bridgehead atoms. The minimum atomic E-state index is -0.0298. The second kappa shape index (κ2) is 8.78. The Morgan fingerprint density at radius 2 is 1.62 bits per heavy atom. The summed E-state index contributed by atoms with van der Waals surface area (Å²) in [6.07, 6.45) is 3.45. The molecule has 154 valence electrons. The molecule has 7 nitrogen and oxygen atoms in total. The number of piperazine rings is 1. The Balaban J connectivity index is 1.30. The van der Waals surface area contributed by atoms with E-state index in [0.29, 0.717) is 25.3 Å². The van der Waals surface area contributed by atoms with E-state index in [0.717, 1.165) is 50.3 Å². The Kier molecular flexibility index (Phi) is 5.94. The van der Waals surface area contributed by atoms with E-state index < -0.39 is 0 Å². The molecule has 1 N–H and O–H groups in total. The average molecular weight is 396 g/mol. The largest absolute Gasteiger partial charge is 0.342 e. The predicted molar refractivity (Wildman–Crippen MR) is 112 cm³/mol. The van der Waals surface area contributed by atoms with Crippen molar-refractivity contribution in [2.45, 2.75) is 26.2 Å². The molecule has 0 spiro atoms. The third kappa shape index (κ3) is 4.67. The Morgan fingerprint density at radius 1 is 0.931 bits per heavy atom. The summed E-state index contributed by atoms with van der Waals surface area (Å²) in [5.74, 6) is 0.193. The molecule has 2 amide bonds. The second-order valence-corrected chi connectivity index (χ2v) is 8.04. The van der Waals surface area contributed by atoms with Crippen molar-refractivity contribution in [3.63, 3.8) is 0 Å². The number of nitrogens with one attached hydrogen (secondary N) is 1. The number of rotatable bonds is 4. The number of likely N-dealkylation sites (tertiary alicyclic amines) is 1. The van der Waals surface area contributed by atoms with Gasteiger partial charge in [-0.15, -0.1) is 0 Å². The van der Waals surface area contributed by atoms with Gasteiger partial charge in [-0.25, -0.2) is 0 Å². The Labute approximate surface area is 171 Å². The van der Waals surface area contributed by atoms with Crippen molar-refractivity contribution in [1.29, 1.82) is 0 Å². The third-order valence-corrected chi connectivity index (χ3v) is 5.88. The minimum absolute atomic E-state index is 0.0298. The van der Waals surface area contributed by atoms with Gasteiger partial charge in [0.15, 0.2) is 0 Å². The third-order valence-electron chi connectivity index (χ3n) is 5.88. The number of carbonyl (C=O) groups excluding carboxylic acids is 2. The fraction of sp³-hybridized carbons (Fsp3) is 0.500. The molecule has 1 aromatic heterocycles. The van der Waals surface area contributed by atoms with Crippen LogP contribution in [0.4, 0.5) is 0 Å². The van der Waals surface area contributed by atoms with E-state index >= 15 is 0 Å². The zero-order chi connectivity index (χ0) is 20.2. The van der Waals surface area contributed by atoms with Crippen molar-refractivity contribution < 1.29 is 9.59 Å². The lowest BCUT2D eigenvalue weighted by molar-refractivity contribution is -0.133. The summed E-state index contributed by atoms with van der Waals surface area (Å²) in [5, 5.41) is 7.19. The Morgan fingerprint density at radius 3 is 2.31 bits per heavy atom. The van der Waals surface area contributed by atoms with Crippen LogP contribution in [0.25, 0.3) is 11.3 Å². The minimum Gasteiger partial charge on any atom is -0.342 e. The molecule has 2 aromatic rings. The fourth-order valence-corrected chi connectivity index (χ4v) is 4.02. The van der Waals surface area contributed by atoms with Crippen LogP contribution < -0.4 is 0 Å². The molecular weight excluding hydrogens is 366 g/mol. The topological polar surface area (TPSA) is 72.5 Å². The van der Waals surface area contributed by atoms with Gasteiger partial charge in [-0.2, -0.15) is 5.10 Å². The van der Waals surface area contributed by atoms with Crippen LogP contribution >= 0.6 is 0 Å². The van der Waals surface area contributed by atoms with Gasteiger partial charge in [0.1, 0.15) is 5.69 Å². The molecule has 0 unspecified atom stereocenters. The second-order valence-electron chi connectivity index (χ2n) is 8.04. The first kappa shape index (κ1) is 19.6. The predicted octanol–water partition coefficient (Wildman–Crippen LogP) is 2.16. The highest BCUT2D eigenvalue weighted by Gasteiger charge is 2.26. The summed E-state index contributed by atoms with van der Waals surface area (Å²) in [6, 6.07) is 9.92. The number of hydrogen-bond acceptors (Lipinski definition) is 4. The first-order chi connectivity index (χ1) is 14.1. The van der Waals surface area contributed by atoms with Crippen molar-refractivity contribution in [2.24, 2.45) is 0 Å². The van der Waals surface area contributed by atoms with Crippen molar-refractivity contribution in [3.05, 3.63) is 41.6 Å². The highest BCUT2D eigenvalue weighted by Crippen LogP contribution is 2.19. The van der Waals surface area contributed by atoms with E-state index in [2.05, 4.69) is 15.1 Å². The molecule has 2 aliphatic rings. The fourth-order valence-electron chi connectivity index (χ4n) is 4.02. The summed E-state index contributed by atoms with van der Waals surface area (Å²) in [4.78, 5) is 31.3. The average Bonchev–Trinajstić information content (AvgIpc) is 3.25. The van der Waals surface area contributed by atoms with E-state index in [4.69, 9.17) is 0 Å². The van der Waals surface area contributed by atoms with Gasteiger partial charge in [0.2, 0.25) is 5.91 Å². The summed E-state index contributed by atoms with van der Waals surface area (Å²) in [7, 11) is 0. The van der Waals surface area contributed by atoms with E-state index in [9.17, 15) is 9.59 Å². The van der Waals surface area contributed by atoms with Crippen LogP contribution in [0.2, 0.25) is 0 Å². The molecule has 4 rings (SSSR count). The van der Waals surface area contributed by atoms with Crippen LogP contribution in [0.5, 0.6) is 0 Å². The van der Waals surface area contributed by atoms with E-state index in [1.807, 2.05) is 47.1 Å². The molecule has 2 aliphatic heterocycles. The quantitative estimate of drug-likeness (QED) is 0.861. The van der Waals surface area contributed by atoms with E-state index in [-0.39, 0.29) is 11.8 Å². The summed E-state index contributed by atoms with van der Waals surface area (Å²) in [5.41, 5.74) is 3.47. The lowest BCUT2D eigenvalue weighted by Crippen LogP contribution is -2.52. The SMILES string of the molecule is Cc1ccc(-c2cc(C(=O)N3CCN(CC(=O)N4CCCCC4)CC3)[nH]n2)cc1. The number of nitrogens with zero attached hydrogens (tertiary/aromatic N) is 4. The number of hydrogen-bond donors (Lipinski definition) is 1. The van der Waals surface area contributed by atoms with E-state index in [1.54, 1.807) is 0 Å². The highest BCUT2D eigenvalue weighted by atomic mass is 16.2. The van der Waals surface area contributed by atoms with Crippen LogP contribution in [-0.4, -0.2) is 82.5 Å². The zero-order valence-electron chi connectivity index (χ0n) is 17.1. The molecular formula is C22H29N5O2. The number of aryl methyl sites for hydroxylation is 1. The number of aromatic amines is 1. The maximum absolute atomic E-state index is 12.8. The molecule has 0 radical (unpaired) electrons. The van der Waals surface area contributed by atoms with Crippen LogP contribution in [0.3, 0.4) is 0 Å². The van der Waals surface area contributed by atoms with Gasteiger partial charge in [-0.05, 0) is 32.3 Å². The maximum Gasteiger partial charge on any atom is 0.271 e. The molecule has 2 fully saturated rings. The first-order valence-corrected chi connectivity index (χ1v) is 10.5. The lowest BCUT2D eigenvalue weighted by atomic mass is 10.1. The summed E-state index contributed by atoms with van der Waals surface area (Å²) >= 11 is 0. The molecule has 7 heteroatoms. The molecule has 2 saturated heterocycles. The normalized spacial score (nSPS) is 18.1. The summed E-state index contributed by atoms with van der Waals surface area (Å²) < 4.78 is 0. The van der Waals surface area contributed by atoms with Gasteiger partial charge in [0.05, 0.1) is 12.2 Å². The van der Waals surface area contributed by atoms with Crippen LogP contribution in [0, 0.1) is 6.92 Å². The smallest absolute Gasteiger partial charge is 0.271 e. The number of piperidine rings is 1. The van der Waals surface area contributed by atoms with Crippen LogP contribution in [0.15, 0.2) is 30.3 Å². The van der Waals surface area contributed by atoms with Crippen LogP contribution in [0.1, 0.15) is 35.3 Å². The highest BCUT2D eigenvalue weighted by molar-refractivity contribution is 5.93. The number of amides is 2. The molecule has 29 heavy (non-hydrogen) atoms. The van der Waals surface area contributed by atoms with Gasteiger partial charge in [0.25, 0.3) is 5.91 Å².